The van der Waals surface area contributed by atoms with Crippen LogP contribution in [-0.4, -0.2) is 37.7 Å². The Morgan fingerprint density at radius 3 is 2.76 bits per heavy atom. The fourth-order valence-corrected chi connectivity index (χ4v) is 2.19. The maximum Gasteiger partial charge on any atom is 0.342 e. The molecule has 3 rings (SSSR count). The van der Waals surface area contributed by atoms with Gasteiger partial charge in [0.25, 0.3) is 0 Å². The van der Waals surface area contributed by atoms with Gasteiger partial charge in [-0.05, 0) is 26.8 Å². The minimum absolute atomic E-state index is 0.00710. The van der Waals surface area contributed by atoms with E-state index in [1.807, 2.05) is 6.92 Å². The molecule has 0 N–H and O–H groups in total. The van der Waals surface area contributed by atoms with Crippen LogP contribution in [0, 0.1) is 13.8 Å². The molecule has 0 aliphatic carbocycles. The van der Waals surface area contributed by atoms with Gasteiger partial charge in [-0.3, -0.25) is 0 Å². The second-order valence-corrected chi connectivity index (χ2v) is 5.23. The number of nitrogens with zero attached hydrogens (tertiary/aromatic N) is 5. The summed E-state index contributed by atoms with van der Waals surface area (Å²) in [4.78, 5) is 12.2. The van der Waals surface area contributed by atoms with Crippen molar-refractivity contribution in [3.8, 4) is 11.7 Å². The molecule has 3 aromatic heterocycles. The Hall–Kier alpha value is -3.23. The van der Waals surface area contributed by atoms with E-state index >= 15 is 0 Å². The zero-order valence-electron chi connectivity index (χ0n) is 14.1. The van der Waals surface area contributed by atoms with E-state index in [9.17, 15) is 4.79 Å². The summed E-state index contributed by atoms with van der Waals surface area (Å²) in [5.41, 5.74) is 1.66. The lowest BCUT2D eigenvalue weighted by molar-refractivity contribution is 0.0436. The Balaban J connectivity index is 1.72. The van der Waals surface area contributed by atoms with Gasteiger partial charge in [0.2, 0.25) is 5.88 Å². The second kappa shape index (κ2) is 7.12. The first-order valence-corrected chi connectivity index (χ1v) is 7.69. The van der Waals surface area contributed by atoms with Crippen LogP contribution in [0.4, 0.5) is 0 Å². The van der Waals surface area contributed by atoms with Crippen molar-refractivity contribution in [3.63, 3.8) is 0 Å². The van der Waals surface area contributed by atoms with Gasteiger partial charge in [-0.1, -0.05) is 5.16 Å². The average molecular weight is 343 g/mol. The molecule has 130 valence electrons. The van der Waals surface area contributed by atoms with E-state index in [1.54, 1.807) is 32.0 Å². The van der Waals surface area contributed by atoms with E-state index in [4.69, 9.17) is 14.0 Å². The van der Waals surface area contributed by atoms with Gasteiger partial charge in [0.15, 0.2) is 18.2 Å². The van der Waals surface area contributed by atoms with Crippen LogP contribution in [0.5, 0.6) is 5.88 Å². The molecule has 0 saturated carbocycles. The van der Waals surface area contributed by atoms with Crippen molar-refractivity contribution in [2.24, 2.45) is 0 Å². The lowest BCUT2D eigenvalue weighted by Crippen LogP contribution is -2.08. The predicted molar refractivity (Wildman–Crippen MR) is 85.4 cm³/mol. The van der Waals surface area contributed by atoms with E-state index in [-0.39, 0.29) is 6.61 Å². The fraction of sp³-hybridized carbons (Fsp3) is 0.312. The lowest BCUT2D eigenvalue weighted by Gasteiger charge is -2.05. The fourth-order valence-electron chi connectivity index (χ4n) is 2.19. The molecule has 0 saturated heterocycles. The van der Waals surface area contributed by atoms with Crippen LogP contribution in [0.3, 0.4) is 0 Å². The molecule has 0 spiro atoms. The van der Waals surface area contributed by atoms with Gasteiger partial charge in [-0.2, -0.15) is 5.10 Å². The molecule has 0 atom stereocenters. The van der Waals surface area contributed by atoms with E-state index < -0.39 is 5.97 Å². The van der Waals surface area contributed by atoms with Crippen LogP contribution >= 0.6 is 0 Å². The highest BCUT2D eigenvalue weighted by molar-refractivity contribution is 5.90. The van der Waals surface area contributed by atoms with Gasteiger partial charge in [-0.25, -0.2) is 9.48 Å². The number of aryl methyl sites for hydroxylation is 1. The molecule has 0 aromatic carbocycles. The number of rotatable bonds is 6. The zero-order valence-corrected chi connectivity index (χ0v) is 14.1. The van der Waals surface area contributed by atoms with Crippen LogP contribution in [0.25, 0.3) is 5.82 Å². The molecule has 0 bridgehead atoms. The Labute approximate surface area is 143 Å². The Kier molecular flexibility index (Phi) is 4.73. The Bertz CT molecular complexity index is 869. The van der Waals surface area contributed by atoms with Crippen LogP contribution in [0.2, 0.25) is 0 Å². The van der Waals surface area contributed by atoms with Crippen molar-refractivity contribution in [1.82, 2.24) is 25.1 Å². The van der Waals surface area contributed by atoms with Gasteiger partial charge in [0.1, 0.15) is 5.56 Å². The molecule has 0 unspecified atom stereocenters. The van der Waals surface area contributed by atoms with Crippen molar-refractivity contribution in [1.29, 1.82) is 0 Å². The molecule has 9 nitrogen and oxygen atoms in total. The first kappa shape index (κ1) is 16.6. The van der Waals surface area contributed by atoms with Crippen LogP contribution in [0.15, 0.2) is 28.9 Å². The van der Waals surface area contributed by atoms with Crippen LogP contribution < -0.4 is 4.74 Å². The molecule has 0 aliphatic rings. The standard InChI is InChI=1S/C16H17N5O4/c1-4-23-15-6-5-14(18-19-15)21-11(3)13(8-17-21)16(22)24-9-12-7-10(2)20-25-12/h5-8H,4,9H2,1-3H3. The van der Waals surface area contributed by atoms with Gasteiger partial charge >= 0.3 is 5.97 Å². The van der Waals surface area contributed by atoms with E-state index in [2.05, 4.69) is 20.5 Å². The molecule has 0 amide bonds. The topological polar surface area (TPSA) is 105 Å². The number of carbonyl (C=O) groups is 1. The molecule has 3 aromatic rings. The summed E-state index contributed by atoms with van der Waals surface area (Å²) in [6.07, 6.45) is 1.43. The number of ether oxygens (including phenoxy) is 2. The third-order valence-corrected chi connectivity index (χ3v) is 3.39. The summed E-state index contributed by atoms with van der Waals surface area (Å²) in [7, 11) is 0. The Morgan fingerprint density at radius 1 is 1.28 bits per heavy atom. The maximum absolute atomic E-state index is 12.2. The van der Waals surface area contributed by atoms with Gasteiger partial charge in [0, 0.05) is 12.1 Å². The second-order valence-electron chi connectivity index (χ2n) is 5.23. The normalized spacial score (nSPS) is 10.7. The molecule has 25 heavy (non-hydrogen) atoms. The zero-order chi connectivity index (χ0) is 17.8. The first-order valence-electron chi connectivity index (χ1n) is 7.69. The minimum atomic E-state index is -0.503. The average Bonchev–Trinajstić information content (AvgIpc) is 3.19. The highest BCUT2D eigenvalue weighted by Gasteiger charge is 2.18. The van der Waals surface area contributed by atoms with E-state index in [0.717, 1.165) is 5.69 Å². The predicted octanol–water partition coefficient (Wildman–Crippen LogP) is 2.02. The molecule has 9 heteroatoms. The van der Waals surface area contributed by atoms with Gasteiger partial charge < -0.3 is 14.0 Å². The molecule has 0 radical (unpaired) electrons. The van der Waals surface area contributed by atoms with Crippen LogP contribution in [-0.2, 0) is 11.3 Å². The maximum atomic E-state index is 12.2. The number of hydrogen-bond acceptors (Lipinski definition) is 8. The molecular formula is C16H17N5O4. The summed E-state index contributed by atoms with van der Waals surface area (Å²) in [6.45, 7) is 5.93. The lowest BCUT2D eigenvalue weighted by atomic mass is 10.2. The summed E-state index contributed by atoms with van der Waals surface area (Å²) in [6, 6.07) is 5.11. The van der Waals surface area contributed by atoms with Crippen LogP contribution in [0.1, 0.15) is 34.4 Å². The highest BCUT2D eigenvalue weighted by atomic mass is 16.5. The van der Waals surface area contributed by atoms with Crippen molar-refractivity contribution < 1.29 is 18.8 Å². The number of hydrogen-bond donors (Lipinski definition) is 0. The molecule has 0 fully saturated rings. The number of carbonyl (C=O) groups excluding carboxylic acids is 1. The van der Waals surface area contributed by atoms with E-state index in [0.29, 0.717) is 35.3 Å². The van der Waals surface area contributed by atoms with Crippen molar-refractivity contribution in [2.75, 3.05) is 6.61 Å². The molecule has 3 heterocycles. The first-order chi connectivity index (χ1) is 12.1. The largest absolute Gasteiger partial charge is 0.477 e. The molecular weight excluding hydrogens is 326 g/mol. The van der Waals surface area contributed by atoms with E-state index in [1.165, 1.54) is 10.9 Å². The molecule has 0 aliphatic heterocycles. The third-order valence-electron chi connectivity index (χ3n) is 3.39. The van der Waals surface area contributed by atoms with Crippen molar-refractivity contribution >= 4 is 5.97 Å². The van der Waals surface area contributed by atoms with Crippen molar-refractivity contribution in [3.05, 3.63) is 47.1 Å². The van der Waals surface area contributed by atoms with Gasteiger partial charge in [0.05, 0.1) is 24.2 Å². The van der Waals surface area contributed by atoms with Crippen molar-refractivity contribution in [2.45, 2.75) is 27.4 Å². The SMILES string of the molecule is CCOc1ccc(-n2ncc(C(=O)OCc3cc(C)no3)c2C)nn1. The minimum Gasteiger partial charge on any atom is -0.477 e. The van der Waals surface area contributed by atoms with Gasteiger partial charge in [-0.15, -0.1) is 10.2 Å². The smallest absolute Gasteiger partial charge is 0.342 e. The number of esters is 1. The highest BCUT2D eigenvalue weighted by Crippen LogP contribution is 2.15. The summed E-state index contributed by atoms with van der Waals surface area (Å²) in [5, 5.41) is 15.9. The quantitative estimate of drug-likeness (QED) is 0.626. The summed E-state index contributed by atoms with van der Waals surface area (Å²) in [5.74, 6) is 0.883. The number of aromatic nitrogens is 5. The summed E-state index contributed by atoms with van der Waals surface area (Å²) >= 11 is 0. The Morgan fingerprint density at radius 2 is 2.12 bits per heavy atom. The monoisotopic (exact) mass is 343 g/mol. The third kappa shape index (κ3) is 3.65. The summed E-state index contributed by atoms with van der Waals surface area (Å²) < 4.78 is 17.0.